The molecule has 0 aliphatic heterocycles. The number of aromatic carboxylic acids is 1. The number of nitrogens with one attached hydrogen (secondary N) is 1. The van der Waals surface area contributed by atoms with Crippen LogP contribution in [0.5, 0.6) is 0 Å². The summed E-state index contributed by atoms with van der Waals surface area (Å²) >= 11 is 1.13. The zero-order valence-electron chi connectivity index (χ0n) is 8.47. The summed E-state index contributed by atoms with van der Waals surface area (Å²) in [5, 5.41) is 12.5. The van der Waals surface area contributed by atoms with E-state index in [1.807, 2.05) is 0 Å². The van der Waals surface area contributed by atoms with E-state index in [-0.39, 0.29) is 5.56 Å². The highest BCUT2D eigenvalue weighted by Gasteiger charge is 2.20. The first-order valence-electron chi connectivity index (χ1n) is 4.55. The van der Waals surface area contributed by atoms with Crippen LogP contribution >= 0.6 is 11.5 Å². The van der Waals surface area contributed by atoms with Crippen molar-refractivity contribution in [1.82, 2.24) is 9.36 Å². The second-order valence-corrected chi connectivity index (χ2v) is 3.81. The van der Waals surface area contributed by atoms with Gasteiger partial charge in [0.25, 0.3) is 0 Å². The Morgan fingerprint density at radius 2 is 2.38 bits per heavy atom. The molecule has 0 aromatic carbocycles. The first-order chi connectivity index (χ1) is 7.74. The lowest BCUT2D eigenvalue weighted by Crippen LogP contribution is -2.01. The number of anilines is 1. The van der Waals surface area contributed by atoms with Crippen molar-refractivity contribution in [2.75, 3.05) is 12.4 Å². The summed E-state index contributed by atoms with van der Waals surface area (Å²) in [6.45, 7) is 0. The quantitative estimate of drug-likeness (QED) is 0.850. The van der Waals surface area contributed by atoms with E-state index in [9.17, 15) is 4.79 Å². The van der Waals surface area contributed by atoms with Crippen molar-refractivity contribution in [3.8, 4) is 11.3 Å². The number of nitrogens with zero attached hydrogens (tertiary/aromatic N) is 2. The number of carbonyl (C=O) groups is 1. The molecular weight excluding hydrogens is 226 g/mol. The third-order valence-corrected chi connectivity index (χ3v) is 2.93. The van der Waals surface area contributed by atoms with Gasteiger partial charge in [-0.05, 0) is 23.7 Å². The fraction of sp³-hybridized carbons (Fsp3) is 0.100. The van der Waals surface area contributed by atoms with Crippen LogP contribution in [0.4, 0.5) is 5.00 Å². The Bertz CT molecular complexity index is 510. The Hall–Kier alpha value is -1.95. The molecular formula is C10H9N3O2S. The molecule has 0 saturated carbocycles. The lowest BCUT2D eigenvalue weighted by molar-refractivity contribution is 0.0699. The first-order valence-corrected chi connectivity index (χ1v) is 5.32. The number of carboxylic acids is 1. The monoisotopic (exact) mass is 235 g/mol. The maximum absolute atomic E-state index is 11.1. The molecule has 0 bridgehead atoms. The van der Waals surface area contributed by atoms with Crippen LogP contribution in [0.1, 0.15) is 10.4 Å². The molecule has 82 valence electrons. The molecule has 0 aliphatic rings. The van der Waals surface area contributed by atoms with Crippen LogP contribution < -0.4 is 5.32 Å². The van der Waals surface area contributed by atoms with E-state index in [4.69, 9.17) is 5.11 Å². The van der Waals surface area contributed by atoms with E-state index < -0.39 is 5.97 Å². The lowest BCUT2D eigenvalue weighted by atomic mass is 10.1. The molecule has 0 saturated heterocycles. The van der Waals surface area contributed by atoms with Gasteiger partial charge in [-0.3, -0.25) is 4.98 Å². The van der Waals surface area contributed by atoms with Crippen LogP contribution in [0.2, 0.25) is 0 Å². The van der Waals surface area contributed by atoms with Crippen LogP contribution in [-0.2, 0) is 0 Å². The molecule has 6 heteroatoms. The third kappa shape index (κ3) is 1.74. The summed E-state index contributed by atoms with van der Waals surface area (Å²) in [6.07, 6.45) is 3.23. The minimum Gasteiger partial charge on any atom is -0.478 e. The van der Waals surface area contributed by atoms with Gasteiger partial charge in [-0.2, -0.15) is 4.37 Å². The molecule has 2 aromatic rings. The Morgan fingerprint density at radius 3 is 2.94 bits per heavy atom. The van der Waals surface area contributed by atoms with Crippen molar-refractivity contribution in [3.05, 3.63) is 30.1 Å². The summed E-state index contributed by atoms with van der Waals surface area (Å²) in [5.41, 5.74) is 1.35. The van der Waals surface area contributed by atoms with E-state index in [0.29, 0.717) is 16.3 Å². The second-order valence-electron chi connectivity index (χ2n) is 3.03. The molecule has 2 heterocycles. The number of rotatable bonds is 3. The highest BCUT2D eigenvalue weighted by Crippen LogP contribution is 2.31. The van der Waals surface area contributed by atoms with Gasteiger partial charge >= 0.3 is 5.97 Å². The molecule has 5 nitrogen and oxygen atoms in total. The van der Waals surface area contributed by atoms with Crippen LogP contribution in [0, 0.1) is 0 Å². The highest BCUT2D eigenvalue weighted by molar-refractivity contribution is 7.11. The number of carboxylic acid groups (broad SMARTS) is 1. The van der Waals surface area contributed by atoms with E-state index in [1.54, 1.807) is 31.6 Å². The van der Waals surface area contributed by atoms with Crippen LogP contribution in [-0.4, -0.2) is 27.5 Å². The zero-order chi connectivity index (χ0) is 11.5. The van der Waals surface area contributed by atoms with Gasteiger partial charge in [0, 0.05) is 25.0 Å². The van der Waals surface area contributed by atoms with Crippen molar-refractivity contribution in [2.24, 2.45) is 0 Å². The summed E-state index contributed by atoms with van der Waals surface area (Å²) in [6, 6.07) is 3.54. The van der Waals surface area contributed by atoms with Crippen molar-refractivity contribution < 1.29 is 9.90 Å². The van der Waals surface area contributed by atoms with Crippen LogP contribution in [0.25, 0.3) is 11.3 Å². The average molecular weight is 235 g/mol. The molecule has 0 unspecified atom stereocenters. The third-order valence-electron chi connectivity index (χ3n) is 2.07. The molecule has 0 aliphatic carbocycles. The molecule has 0 amide bonds. The highest BCUT2D eigenvalue weighted by atomic mass is 32.1. The SMILES string of the molecule is CNc1snc(-c2cccnc2)c1C(=O)O. The molecule has 16 heavy (non-hydrogen) atoms. The molecule has 2 N–H and O–H groups in total. The molecule has 0 radical (unpaired) electrons. The predicted octanol–water partition coefficient (Wildman–Crippen LogP) is 1.94. The maximum Gasteiger partial charge on any atom is 0.341 e. The van der Waals surface area contributed by atoms with Gasteiger partial charge in [-0.25, -0.2) is 4.79 Å². The van der Waals surface area contributed by atoms with Crippen molar-refractivity contribution >= 4 is 22.5 Å². The van der Waals surface area contributed by atoms with Gasteiger partial charge < -0.3 is 10.4 Å². The van der Waals surface area contributed by atoms with Crippen LogP contribution in [0.15, 0.2) is 24.5 Å². The smallest absolute Gasteiger partial charge is 0.341 e. The zero-order valence-corrected chi connectivity index (χ0v) is 9.28. The van der Waals surface area contributed by atoms with Crippen LogP contribution in [0.3, 0.4) is 0 Å². The summed E-state index contributed by atoms with van der Waals surface area (Å²) in [4.78, 5) is 15.1. The Kier molecular flexibility index (Phi) is 2.82. The van der Waals surface area contributed by atoms with Gasteiger partial charge in [-0.1, -0.05) is 0 Å². The predicted molar refractivity (Wildman–Crippen MR) is 61.9 cm³/mol. The average Bonchev–Trinajstić information content (AvgIpc) is 2.73. The minimum atomic E-state index is -0.989. The summed E-state index contributed by atoms with van der Waals surface area (Å²) in [5.74, 6) is -0.989. The van der Waals surface area contributed by atoms with Gasteiger partial charge in [0.05, 0.1) is 0 Å². The number of pyridine rings is 1. The largest absolute Gasteiger partial charge is 0.478 e. The second kappa shape index (κ2) is 4.28. The van der Waals surface area contributed by atoms with Crippen molar-refractivity contribution in [1.29, 1.82) is 0 Å². The van der Waals surface area contributed by atoms with Gasteiger partial charge in [0.15, 0.2) is 0 Å². The first kappa shape index (κ1) is 10.6. The van der Waals surface area contributed by atoms with E-state index in [2.05, 4.69) is 14.7 Å². The number of aromatic nitrogens is 2. The van der Waals surface area contributed by atoms with Gasteiger partial charge in [0.1, 0.15) is 16.3 Å². The molecule has 2 rings (SSSR count). The number of hydrogen-bond acceptors (Lipinski definition) is 5. The summed E-state index contributed by atoms with van der Waals surface area (Å²) < 4.78 is 4.14. The Labute approximate surface area is 95.9 Å². The van der Waals surface area contributed by atoms with E-state index in [0.717, 1.165) is 11.5 Å². The van der Waals surface area contributed by atoms with E-state index >= 15 is 0 Å². The van der Waals surface area contributed by atoms with Crippen molar-refractivity contribution in [2.45, 2.75) is 0 Å². The topological polar surface area (TPSA) is 75.1 Å². The van der Waals surface area contributed by atoms with E-state index in [1.165, 1.54) is 0 Å². The van der Waals surface area contributed by atoms with Gasteiger partial charge in [0.2, 0.25) is 0 Å². The maximum atomic E-state index is 11.1. The fourth-order valence-electron chi connectivity index (χ4n) is 1.36. The molecule has 2 aromatic heterocycles. The van der Waals surface area contributed by atoms with Crippen molar-refractivity contribution in [3.63, 3.8) is 0 Å². The number of hydrogen-bond donors (Lipinski definition) is 2. The standard InChI is InChI=1S/C10H9N3O2S/c1-11-9-7(10(14)15)8(13-16-9)6-3-2-4-12-5-6/h2-5,11H,1H3,(H,14,15). The molecule has 0 spiro atoms. The molecule has 0 atom stereocenters. The summed E-state index contributed by atoms with van der Waals surface area (Å²) in [7, 11) is 1.67. The fourth-order valence-corrected chi connectivity index (χ4v) is 2.10. The Morgan fingerprint density at radius 1 is 1.56 bits per heavy atom. The lowest BCUT2D eigenvalue weighted by Gasteiger charge is -2.00. The normalized spacial score (nSPS) is 10.1. The Balaban J connectivity index is 2.58. The molecule has 0 fully saturated rings. The van der Waals surface area contributed by atoms with Gasteiger partial charge in [-0.15, -0.1) is 0 Å². The minimum absolute atomic E-state index is 0.195.